The van der Waals surface area contributed by atoms with E-state index in [4.69, 9.17) is 14.4 Å². The Morgan fingerprint density at radius 3 is 2.32 bits per heavy atom. The number of phenolic OH excluding ortho intramolecular Hbond substituents is 1. The van der Waals surface area contributed by atoms with Gasteiger partial charge in [-0.3, -0.25) is 4.98 Å². The molecular formula is C30H22N2O2. The maximum atomic E-state index is 10.3. The number of fused-ring (bicyclic) bond motifs is 2. The molecule has 4 nitrogen and oxygen atoms in total. The van der Waals surface area contributed by atoms with Crippen molar-refractivity contribution in [3.63, 3.8) is 0 Å². The highest BCUT2D eigenvalue weighted by Crippen LogP contribution is 2.37. The van der Waals surface area contributed by atoms with E-state index in [-0.39, 0.29) is 5.75 Å². The van der Waals surface area contributed by atoms with E-state index in [0.717, 1.165) is 33.3 Å². The number of hydrogen-bond donors (Lipinski definition) is 1. The zero-order valence-electron chi connectivity index (χ0n) is 18.9. The average Bonchev–Trinajstić information content (AvgIpc) is 3.29. The van der Waals surface area contributed by atoms with Gasteiger partial charge in [-0.2, -0.15) is 0 Å². The van der Waals surface area contributed by atoms with Crippen LogP contribution in [0.25, 0.3) is 55.7 Å². The van der Waals surface area contributed by atoms with Crippen LogP contribution in [0.5, 0.6) is 5.75 Å². The normalized spacial score (nSPS) is 11.4. The van der Waals surface area contributed by atoms with Crippen LogP contribution in [-0.4, -0.2) is 15.1 Å². The van der Waals surface area contributed by atoms with Gasteiger partial charge in [-0.1, -0.05) is 42.5 Å². The molecule has 0 amide bonds. The molecule has 0 bridgehead atoms. The quantitative estimate of drug-likeness (QED) is 0.305. The van der Waals surface area contributed by atoms with Crippen molar-refractivity contribution in [2.24, 2.45) is 0 Å². The van der Waals surface area contributed by atoms with Gasteiger partial charge >= 0.3 is 0 Å². The molecule has 6 aromatic rings. The molecule has 0 radical (unpaired) electrons. The summed E-state index contributed by atoms with van der Waals surface area (Å²) in [4.78, 5) is 9.47. The number of para-hydroxylation sites is 2. The summed E-state index contributed by atoms with van der Waals surface area (Å²) in [5.41, 5.74) is 9.68. The lowest BCUT2D eigenvalue weighted by atomic mass is 9.94. The number of nitrogens with zero attached hydrogens (tertiary/aromatic N) is 2. The fourth-order valence-corrected chi connectivity index (χ4v) is 4.56. The third kappa shape index (κ3) is 3.32. The molecule has 6 rings (SSSR count). The molecule has 0 fully saturated rings. The molecule has 0 aliphatic heterocycles. The number of rotatable bonds is 3. The minimum Gasteiger partial charge on any atom is -0.507 e. The van der Waals surface area contributed by atoms with Gasteiger partial charge in [0.15, 0.2) is 5.58 Å². The van der Waals surface area contributed by atoms with E-state index >= 15 is 0 Å². The van der Waals surface area contributed by atoms with Crippen LogP contribution in [0, 0.1) is 13.8 Å². The van der Waals surface area contributed by atoms with Crippen molar-refractivity contribution in [1.29, 1.82) is 0 Å². The van der Waals surface area contributed by atoms with Gasteiger partial charge in [0.1, 0.15) is 11.3 Å². The second kappa shape index (κ2) is 7.85. The molecule has 4 heteroatoms. The Balaban J connectivity index is 1.52. The molecule has 0 unspecified atom stereocenters. The zero-order chi connectivity index (χ0) is 23.2. The van der Waals surface area contributed by atoms with Crippen LogP contribution >= 0.6 is 0 Å². The summed E-state index contributed by atoms with van der Waals surface area (Å²) >= 11 is 0. The highest BCUT2D eigenvalue weighted by Gasteiger charge is 2.16. The monoisotopic (exact) mass is 442 g/mol. The minimum absolute atomic E-state index is 0.145. The van der Waals surface area contributed by atoms with Gasteiger partial charge < -0.3 is 9.52 Å². The molecular weight excluding hydrogens is 420 g/mol. The molecule has 2 heterocycles. The van der Waals surface area contributed by atoms with Crippen molar-refractivity contribution in [2.45, 2.75) is 13.8 Å². The van der Waals surface area contributed by atoms with Crippen LogP contribution in [0.3, 0.4) is 0 Å². The number of benzene rings is 4. The third-order valence-corrected chi connectivity index (χ3v) is 6.25. The first-order valence-corrected chi connectivity index (χ1v) is 11.2. The van der Waals surface area contributed by atoms with Gasteiger partial charge in [0.2, 0.25) is 5.89 Å². The average molecular weight is 443 g/mol. The molecule has 4 aromatic carbocycles. The first-order chi connectivity index (χ1) is 16.6. The smallest absolute Gasteiger partial charge is 0.231 e. The Hall–Kier alpha value is -4.44. The topological polar surface area (TPSA) is 59.2 Å². The van der Waals surface area contributed by atoms with E-state index in [1.807, 2.05) is 24.4 Å². The third-order valence-electron chi connectivity index (χ3n) is 6.25. The summed E-state index contributed by atoms with van der Waals surface area (Å²) in [6.07, 6.45) is 1.87. The predicted molar refractivity (Wildman–Crippen MR) is 137 cm³/mol. The number of phenols is 1. The van der Waals surface area contributed by atoms with Crippen LogP contribution in [-0.2, 0) is 0 Å². The molecule has 0 saturated carbocycles. The Morgan fingerprint density at radius 2 is 1.47 bits per heavy atom. The molecule has 0 aliphatic rings. The lowest BCUT2D eigenvalue weighted by molar-refractivity contribution is 0.474. The fraction of sp³-hybridized carbons (Fsp3) is 0.0667. The Morgan fingerprint density at radius 1 is 0.706 bits per heavy atom. The molecule has 34 heavy (non-hydrogen) atoms. The van der Waals surface area contributed by atoms with Crippen molar-refractivity contribution >= 4 is 22.0 Å². The van der Waals surface area contributed by atoms with Gasteiger partial charge in [0.25, 0.3) is 0 Å². The van der Waals surface area contributed by atoms with Crippen LogP contribution in [0.4, 0.5) is 0 Å². The van der Waals surface area contributed by atoms with Crippen molar-refractivity contribution in [1.82, 2.24) is 9.97 Å². The van der Waals surface area contributed by atoms with Crippen molar-refractivity contribution in [3.05, 3.63) is 102 Å². The van der Waals surface area contributed by atoms with Gasteiger partial charge in [0, 0.05) is 22.7 Å². The Bertz CT molecular complexity index is 1700. The first kappa shape index (κ1) is 20.2. The molecule has 1 N–H and O–H groups in total. The molecule has 0 spiro atoms. The summed E-state index contributed by atoms with van der Waals surface area (Å²) in [6.45, 7) is 4.24. The molecule has 2 aromatic heterocycles. The molecule has 0 atom stereocenters. The van der Waals surface area contributed by atoms with E-state index in [1.54, 1.807) is 18.2 Å². The summed E-state index contributed by atoms with van der Waals surface area (Å²) in [5, 5.41) is 11.4. The number of aryl methyl sites for hydroxylation is 2. The van der Waals surface area contributed by atoms with Crippen LogP contribution < -0.4 is 0 Å². The van der Waals surface area contributed by atoms with Crippen LogP contribution in [0.15, 0.2) is 95.5 Å². The van der Waals surface area contributed by atoms with Crippen molar-refractivity contribution in [3.8, 4) is 39.5 Å². The number of aromatic hydroxyl groups is 1. The number of pyridine rings is 1. The molecule has 164 valence electrons. The Kier molecular flexibility index (Phi) is 4.66. The highest BCUT2D eigenvalue weighted by atomic mass is 16.3. The zero-order valence-corrected chi connectivity index (χ0v) is 18.9. The van der Waals surface area contributed by atoms with E-state index in [9.17, 15) is 5.11 Å². The number of hydrogen-bond acceptors (Lipinski definition) is 4. The fourth-order valence-electron chi connectivity index (χ4n) is 4.56. The largest absolute Gasteiger partial charge is 0.507 e. The van der Waals surface area contributed by atoms with E-state index in [2.05, 4.69) is 62.4 Å². The maximum Gasteiger partial charge on any atom is 0.231 e. The lowest BCUT2D eigenvalue weighted by Gasteiger charge is -2.11. The summed E-state index contributed by atoms with van der Waals surface area (Å²) < 4.78 is 6.02. The summed E-state index contributed by atoms with van der Waals surface area (Å²) in [6, 6.07) is 27.9. The number of aromatic nitrogens is 2. The summed E-state index contributed by atoms with van der Waals surface area (Å²) in [5.74, 6) is 0.549. The van der Waals surface area contributed by atoms with E-state index in [1.165, 1.54) is 16.5 Å². The van der Waals surface area contributed by atoms with Crippen LogP contribution in [0.1, 0.15) is 11.1 Å². The lowest BCUT2D eigenvalue weighted by Crippen LogP contribution is -1.90. The summed E-state index contributed by atoms with van der Waals surface area (Å²) in [7, 11) is 0. The van der Waals surface area contributed by atoms with Crippen molar-refractivity contribution < 1.29 is 9.52 Å². The van der Waals surface area contributed by atoms with E-state index in [0.29, 0.717) is 17.0 Å². The minimum atomic E-state index is 0.145. The number of oxazole rings is 1. The Labute approximate surface area is 197 Å². The standard InChI is InChI=1S/C30H22N2O2/c1-18-15-24-19(2)13-14-31-28(24)25(16-18)21-8-5-7-20(17-21)22-10-6-12-27-29(22)32-30(34-27)23-9-3-4-11-26(23)33/h3-17,33H,1-2H3. The second-order valence-corrected chi connectivity index (χ2v) is 8.61. The van der Waals surface area contributed by atoms with Crippen molar-refractivity contribution in [2.75, 3.05) is 0 Å². The first-order valence-electron chi connectivity index (χ1n) is 11.2. The van der Waals surface area contributed by atoms with Gasteiger partial charge in [-0.15, -0.1) is 0 Å². The van der Waals surface area contributed by atoms with E-state index < -0.39 is 0 Å². The maximum absolute atomic E-state index is 10.3. The SMILES string of the molecule is Cc1cc(-c2cccc(-c3cccc4oc(-c5ccccc5O)nc34)c2)c2nccc(C)c2c1. The molecule has 0 saturated heterocycles. The molecule has 0 aliphatic carbocycles. The van der Waals surface area contributed by atoms with Gasteiger partial charge in [-0.25, -0.2) is 4.98 Å². The second-order valence-electron chi connectivity index (χ2n) is 8.61. The van der Waals surface area contributed by atoms with Gasteiger partial charge in [0.05, 0.1) is 11.1 Å². The highest BCUT2D eigenvalue weighted by molar-refractivity contribution is 5.98. The van der Waals surface area contributed by atoms with Crippen LogP contribution in [0.2, 0.25) is 0 Å². The van der Waals surface area contributed by atoms with Gasteiger partial charge in [-0.05, 0) is 78.6 Å². The predicted octanol–water partition coefficient (Wildman–Crippen LogP) is 7.70.